The quantitative estimate of drug-likeness (QED) is 0.520. The largest absolute Gasteiger partial charge is 0.545 e. The lowest BCUT2D eigenvalue weighted by Gasteiger charge is -2.07. The van der Waals surface area contributed by atoms with Crippen molar-refractivity contribution in [3.63, 3.8) is 0 Å². The lowest BCUT2D eigenvalue weighted by atomic mass is 10.1. The fourth-order valence-corrected chi connectivity index (χ4v) is 3.38. The molecule has 26 heavy (non-hydrogen) atoms. The molecule has 0 spiro atoms. The van der Waals surface area contributed by atoms with Gasteiger partial charge in [0, 0.05) is 0 Å². The number of para-hydroxylation sites is 1. The SMILES string of the molecule is O=C([O-])c1cccc(Cn2c(Cl)c(/C=N\Nc3ccccc3)sc2=O)c1. The number of anilines is 1. The van der Waals surface area contributed by atoms with E-state index in [0.717, 1.165) is 17.0 Å². The van der Waals surface area contributed by atoms with Crippen LogP contribution in [0.3, 0.4) is 0 Å². The minimum Gasteiger partial charge on any atom is -0.545 e. The average Bonchev–Trinajstić information content (AvgIpc) is 2.90. The van der Waals surface area contributed by atoms with Crippen molar-refractivity contribution in [1.82, 2.24) is 4.57 Å². The van der Waals surface area contributed by atoms with E-state index in [9.17, 15) is 14.7 Å². The van der Waals surface area contributed by atoms with Crippen LogP contribution in [0.1, 0.15) is 20.8 Å². The van der Waals surface area contributed by atoms with Crippen molar-refractivity contribution in [2.75, 3.05) is 5.43 Å². The van der Waals surface area contributed by atoms with Crippen molar-refractivity contribution < 1.29 is 9.90 Å². The summed E-state index contributed by atoms with van der Waals surface area (Å²) in [5, 5.41) is 15.3. The van der Waals surface area contributed by atoms with Crippen LogP contribution in [0.25, 0.3) is 0 Å². The van der Waals surface area contributed by atoms with Gasteiger partial charge in [0.15, 0.2) is 0 Å². The summed E-state index contributed by atoms with van der Waals surface area (Å²) >= 11 is 7.25. The highest BCUT2D eigenvalue weighted by Gasteiger charge is 2.12. The van der Waals surface area contributed by atoms with E-state index in [1.165, 1.54) is 22.9 Å². The molecule has 0 aliphatic heterocycles. The summed E-state index contributed by atoms with van der Waals surface area (Å²) in [5.74, 6) is -1.27. The summed E-state index contributed by atoms with van der Waals surface area (Å²) in [6, 6.07) is 15.6. The molecule has 3 rings (SSSR count). The first-order chi connectivity index (χ1) is 12.5. The molecule has 0 unspecified atom stereocenters. The first kappa shape index (κ1) is 17.9. The van der Waals surface area contributed by atoms with Crippen molar-refractivity contribution in [3.8, 4) is 0 Å². The maximum atomic E-state index is 12.2. The average molecular weight is 387 g/mol. The maximum absolute atomic E-state index is 12.2. The summed E-state index contributed by atoms with van der Waals surface area (Å²) < 4.78 is 1.37. The van der Waals surface area contributed by atoms with E-state index in [0.29, 0.717) is 10.4 Å². The van der Waals surface area contributed by atoms with Crippen LogP contribution in [0.4, 0.5) is 5.69 Å². The third-order valence-corrected chi connectivity index (χ3v) is 4.94. The number of rotatable bonds is 6. The number of carbonyl (C=O) groups is 1. The second kappa shape index (κ2) is 7.99. The van der Waals surface area contributed by atoms with Gasteiger partial charge in [0.2, 0.25) is 0 Å². The van der Waals surface area contributed by atoms with Crippen molar-refractivity contribution in [1.29, 1.82) is 0 Å². The van der Waals surface area contributed by atoms with Gasteiger partial charge in [-0.15, -0.1) is 0 Å². The lowest BCUT2D eigenvalue weighted by Crippen LogP contribution is -2.22. The van der Waals surface area contributed by atoms with Crippen molar-refractivity contribution in [3.05, 3.63) is 85.4 Å². The Morgan fingerprint density at radius 3 is 2.73 bits per heavy atom. The molecule has 0 saturated carbocycles. The molecule has 6 nitrogen and oxygen atoms in total. The first-order valence-electron chi connectivity index (χ1n) is 7.58. The number of hydrogen-bond acceptors (Lipinski definition) is 6. The van der Waals surface area contributed by atoms with E-state index >= 15 is 0 Å². The van der Waals surface area contributed by atoms with E-state index in [-0.39, 0.29) is 22.1 Å². The zero-order valence-electron chi connectivity index (χ0n) is 13.4. The monoisotopic (exact) mass is 386 g/mol. The number of carbonyl (C=O) groups excluding carboxylic acids is 1. The topological polar surface area (TPSA) is 86.5 Å². The number of thiazole rings is 1. The molecule has 2 aromatic carbocycles. The second-order valence-corrected chi connectivity index (χ2v) is 6.68. The van der Waals surface area contributed by atoms with Gasteiger partial charge in [0.05, 0.1) is 29.3 Å². The highest BCUT2D eigenvalue weighted by molar-refractivity contribution is 7.11. The summed E-state index contributed by atoms with van der Waals surface area (Å²) in [6.45, 7) is 0.162. The third kappa shape index (κ3) is 4.19. The summed E-state index contributed by atoms with van der Waals surface area (Å²) in [4.78, 5) is 23.4. The van der Waals surface area contributed by atoms with Gasteiger partial charge in [-0.2, -0.15) is 5.10 Å². The molecule has 0 bridgehead atoms. The van der Waals surface area contributed by atoms with Gasteiger partial charge in [-0.3, -0.25) is 14.8 Å². The van der Waals surface area contributed by atoms with E-state index < -0.39 is 5.97 Å². The molecular weight excluding hydrogens is 374 g/mol. The predicted molar refractivity (Wildman–Crippen MR) is 101 cm³/mol. The molecular formula is C18H13ClN3O3S-. The van der Waals surface area contributed by atoms with Gasteiger partial charge < -0.3 is 9.90 Å². The highest BCUT2D eigenvalue weighted by Crippen LogP contribution is 2.19. The van der Waals surface area contributed by atoms with Gasteiger partial charge >= 0.3 is 4.87 Å². The number of carboxylic acid groups (broad SMARTS) is 1. The van der Waals surface area contributed by atoms with Gasteiger partial charge in [0.25, 0.3) is 0 Å². The zero-order valence-corrected chi connectivity index (χ0v) is 15.0. The third-order valence-electron chi connectivity index (χ3n) is 3.51. The number of hydrazone groups is 1. The predicted octanol–water partition coefficient (Wildman–Crippen LogP) is 2.42. The van der Waals surface area contributed by atoms with E-state index in [1.54, 1.807) is 12.1 Å². The molecule has 0 atom stereocenters. The second-order valence-electron chi connectivity index (χ2n) is 5.33. The van der Waals surface area contributed by atoms with Crippen LogP contribution >= 0.6 is 22.9 Å². The Hall–Kier alpha value is -2.90. The molecule has 1 N–H and O–H groups in total. The normalized spacial score (nSPS) is 11.0. The Kier molecular flexibility index (Phi) is 5.50. The molecule has 3 aromatic rings. The Bertz CT molecular complexity index is 1010. The molecule has 0 saturated heterocycles. The van der Waals surface area contributed by atoms with Gasteiger partial charge in [-0.05, 0) is 29.3 Å². The van der Waals surface area contributed by atoms with Crippen LogP contribution in [-0.2, 0) is 6.54 Å². The van der Waals surface area contributed by atoms with Crippen LogP contribution in [-0.4, -0.2) is 16.8 Å². The zero-order chi connectivity index (χ0) is 18.5. The Morgan fingerprint density at radius 1 is 1.23 bits per heavy atom. The summed E-state index contributed by atoms with van der Waals surface area (Å²) in [6.07, 6.45) is 1.48. The molecule has 132 valence electrons. The van der Waals surface area contributed by atoms with Gasteiger partial charge in [-0.1, -0.05) is 59.3 Å². The standard InChI is InChI=1S/C18H14ClN3O3S/c19-16-15(10-20-21-14-7-2-1-3-8-14)26-18(25)22(16)11-12-5-4-6-13(9-12)17(23)24/h1-10,21H,11H2,(H,23,24)/p-1/b20-10-. The minimum absolute atomic E-state index is 0.0516. The molecule has 8 heteroatoms. The van der Waals surface area contributed by atoms with E-state index in [4.69, 9.17) is 11.6 Å². The maximum Gasteiger partial charge on any atom is 0.309 e. The minimum atomic E-state index is -1.27. The number of carboxylic acids is 1. The Morgan fingerprint density at radius 2 is 2.00 bits per heavy atom. The van der Waals surface area contributed by atoms with Crippen molar-refractivity contribution >= 4 is 40.8 Å². The Balaban J connectivity index is 1.79. The number of nitrogens with zero attached hydrogens (tertiary/aromatic N) is 2. The number of nitrogens with one attached hydrogen (secondary N) is 1. The number of aromatic carboxylic acids is 1. The number of halogens is 1. The Labute approximate surface area is 158 Å². The summed E-state index contributed by atoms with van der Waals surface area (Å²) in [7, 11) is 0. The summed E-state index contributed by atoms with van der Waals surface area (Å²) in [5.41, 5.74) is 4.35. The van der Waals surface area contributed by atoms with Crippen molar-refractivity contribution in [2.45, 2.75) is 6.54 Å². The molecule has 0 aliphatic rings. The van der Waals surface area contributed by atoms with Crippen LogP contribution in [0.15, 0.2) is 64.5 Å². The molecule has 1 heterocycles. The number of benzene rings is 2. The van der Waals surface area contributed by atoms with E-state index in [1.807, 2.05) is 30.3 Å². The first-order valence-corrected chi connectivity index (χ1v) is 8.77. The molecule has 0 fully saturated rings. The number of aromatic nitrogens is 1. The number of hydrogen-bond donors (Lipinski definition) is 1. The van der Waals surface area contributed by atoms with Crippen LogP contribution in [0.5, 0.6) is 0 Å². The van der Waals surface area contributed by atoms with Gasteiger partial charge in [-0.25, -0.2) is 0 Å². The van der Waals surface area contributed by atoms with Crippen LogP contribution in [0, 0.1) is 0 Å². The van der Waals surface area contributed by atoms with Crippen LogP contribution < -0.4 is 15.4 Å². The van der Waals surface area contributed by atoms with Crippen LogP contribution in [0.2, 0.25) is 5.15 Å². The fraction of sp³-hybridized carbons (Fsp3) is 0.0556. The highest BCUT2D eigenvalue weighted by atomic mass is 35.5. The molecule has 0 amide bonds. The van der Waals surface area contributed by atoms with Crippen molar-refractivity contribution in [2.24, 2.45) is 5.10 Å². The van der Waals surface area contributed by atoms with Gasteiger partial charge in [0.1, 0.15) is 5.15 Å². The molecule has 0 aliphatic carbocycles. The lowest BCUT2D eigenvalue weighted by molar-refractivity contribution is -0.255. The smallest absolute Gasteiger partial charge is 0.309 e. The molecule has 1 aromatic heterocycles. The molecule has 0 radical (unpaired) electrons. The van der Waals surface area contributed by atoms with E-state index in [2.05, 4.69) is 10.5 Å². The fourth-order valence-electron chi connectivity index (χ4n) is 2.28.